The third-order valence-electron chi connectivity index (χ3n) is 2.56. The van der Waals surface area contributed by atoms with Gasteiger partial charge in [0.2, 0.25) is 0 Å². The van der Waals surface area contributed by atoms with Crippen molar-refractivity contribution in [2.45, 2.75) is 46.0 Å². The van der Waals surface area contributed by atoms with Crippen molar-refractivity contribution < 1.29 is 0 Å². The van der Waals surface area contributed by atoms with E-state index in [9.17, 15) is 0 Å². The predicted molar refractivity (Wildman–Crippen MR) is 85.7 cm³/mol. The maximum atomic E-state index is 4.66. The molecule has 0 heterocycles. The molecule has 0 aromatic carbocycles. The zero-order valence-corrected chi connectivity index (χ0v) is 13.5. The number of hydrogen-bond acceptors (Lipinski definition) is 3. The van der Waals surface area contributed by atoms with Gasteiger partial charge in [-0.25, -0.2) is 0 Å². The molecule has 108 valence electrons. The first-order valence-corrected chi connectivity index (χ1v) is 8.25. The Bertz CT molecular complexity index is 205. The Labute approximate surface area is 118 Å². The number of nitrogens with one attached hydrogen (secondary N) is 1. The highest BCUT2D eigenvalue weighted by Crippen LogP contribution is 2.06. The lowest BCUT2D eigenvalue weighted by atomic mass is 10.3. The first kappa shape index (κ1) is 17.8. The smallest absolute Gasteiger partial charge is 0.156 e. The molecule has 0 rings (SSSR count). The van der Waals surface area contributed by atoms with Gasteiger partial charge in [0.1, 0.15) is 0 Å². The predicted octanol–water partition coefficient (Wildman–Crippen LogP) is 3.22. The monoisotopic (exact) mass is 273 g/mol. The number of aliphatic imine (C=N–C) groups is 1. The van der Waals surface area contributed by atoms with Gasteiger partial charge < -0.3 is 10.2 Å². The molecule has 0 saturated carbocycles. The summed E-state index contributed by atoms with van der Waals surface area (Å²) in [5.41, 5.74) is 0. The van der Waals surface area contributed by atoms with E-state index in [-0.39, 0.29) is 0 Å². The summed E-state index contributed by atoms with van der Waals surface area (Å²) >= 11 is 1.88. The van der Waals surface area contributed by atoms with Crippen molar-refractivity contribution in [1.82, 2.24) is 10.2 Å². The largest absolute Gasteiger partial charge is 0.365 e. The van der Waals surface area contributed by atoms with Crippen molar-refractivity contribution in [1.29, 1.82) is 0 Å². The molecular weight excluding hydrogens is 242 g/mol. The summed E-state index contributed by atoms with van der Waals surface area (Å²) in [5.74, 6) is 1.16. The lowest BCUT2D eigenvalue weighted by Crippen LogP contribution is -2.23. The van der Waals surface area contributed by atoms with Crippen LogP contribution in [0.15, 0.2) is 4.99 Å². The van der Waals surface area contributed by atoms with Crippen LogP contribution in [0.5, 0.6) is 0 Å². The van der Waals surface area contributed by atoms with E-state index in [1.54, 1.807) is 0 Å². The summed E-state index contributed by atoms with van der Waals surface area (Å²) in [6.07, 6.45) is 6.10. The zero-order valence-electron chi connectivity index (χ0n) is 12.7. The van der Waals surface area contributed by atoms with Gasteiger partial charge in [-0.3, -0.25) is 4.99 Å². The van der Waals surface area contributed by atoms with E-state index in [2.05, 4.69) is 43.2 Å². The molecule has 0 aromatic heterocycles. The number of amidine groups is 1. The molecule has 0 bridgehead atoms. The normalized spacial score (nSPS) is 12.2. The van der Waals surface area contributed by atoms with Crippen molar-refractivity contribution in [2.24, 2.45) is 4.99 Å². The van der Waals surface area contributed by atoms with Gasteiger partial charge in [-0.2, -0.15) is 0 Å². The Kier molecular flexibility index (Phi) is 13.1. The van der Waals surface area contributed by atoms with Crippen molar-refractivity contribution in [3.8, 4) is 0 Å². The number of thioether (sulfide) groups is 1. The van der Waals surface area contributed by atoms with E-state index < -0.39 is 0 Å². The average molecular weight is 273 g/mol. The summed E-state index contributed by atoms with van der Waals surface area (Å²) in [5, 5.41) is 4.62. The van der Waals surface area contributed by atoms with Crippen LogP contribution in [0.2, 0.25) is 0 Å². The van der Waals surface area contributed by atoms with Gasteiger partial charge in [-0.15, -0.1) is 0 Å². The second-order valence-electron chi connectivity index (χ2n) is 4.83. The number of nitrogens with zero attached hydrogens (tertiary/aromatic N) is 2. The van der Waals surface area contributed by atoms with Crippen LogP contribution in [0.1, 0.15) is 46.0 Å². The van der Waals surface area contributed by atoms with Gasteiger partial charge in [0.25, 0.3) is 0 Å². The minimum Gasteiger partial charge on any atom is -0.365 e. The van der Waals surface area contributed by atoms with E-state index in [0.29, 0.717) is 0 Å². The number of unbranched alkanes of at least 4 members (excludes halogenated alkanes) is 2. The molecule has 0 radical (unpaired) electrons. The van der Waals surface area contributed by atoms with Gasteiger partial charge in [0.15, 0.2) is 5.17 Å². The molecule has 18 heavy (non-hydrogen) atoms. The summed E-state index contributed by atoms with van der Waals surface area (Å²) in [7, 11) is 4.25. The van der Waals surface area contributed by atoms with Crippen LogP contribution >= 0.6 is 11.8 Å². The summed E-state index contributed by atoms with van der Waals surface area (Å²) in [4.78, 5) is 6.89. The topological polar surface area (TPSA) is 27.6 Å². The Morgan fingerprint density at radius 2 is 1.83 bits per heavy atom. The van der Waals surface area contributed by atoms with Gasteiger partial charge >= 0.3 is 0 Å². The van der Waals surface area contributed by atoms with E-state index in [0.717, 1.165) is 30.6 Å². The molecule has 0 aliphatic carbocycles. The maximum absolute atomic E-state index is 4.66. The fourth-order valence-electron chi connectivity index (χ4n) is 1.41. The fraction of sp³-hybridized carbons (Fsp3) is 0.929. The Morgan fingerprint density at radius 1 is 1.11 bits per heavy atom. The highest BCUT2D eigenvalue weighted by atomic mass is 32.2. The average Bonchev–Trinajstić information content (AvgIpc) is 2.34. The molecule has 0 aliphatic rings. The molecule has 0 aromatic rings. The van der Waals surface area contributed by atoms with Crippen LogP contribution in [-0.4, -0.2) is 49.6 Å². The molecule has 0 spiro atoms. The summed E-state index contributed by atoms with van der Waals surface area (Å²) in [6.45, 7) is 7.61. The molecule has 0 aliphatic heterocycles. The quantitative estimate of drug-likeness (QED) is 0.376. The molecule has 4 heteroatoms. The summed E-state index contributed by atoms with van der Waals surface area (Å²) < 4.78 is 0. The molecule has 0 fully saturated rings. The van der Waals surface area contributed by atoms with Gasteiger partial charge in [0.05, 0.1) is 0 Å². The minimum absolute atomic E-state index is 0.964. The van der Waals surface area contributed by atoms with Crippen molar-refractivity contribution in [3.63, 3.8) is 0 Å². The molecule has 0 amide bonds. The standard InChI is InChI=1S/C14H31N3S/c1-5-7-10-15-14(16-11-8-6-2)18-13-9-12-17(3)4/h5-13H2,1-4H3,(H,15,16). The van der Waals surface area contributed by atoms with Crippen LogP contribution < -0.4 is 5.32 Å². The molecule has 1 N–H and O–H groups in total. The second kappa shape index (κ2) is 13.2. The third kappa shape index (κ3) is 12.2. The Balaban J connectivity index is 3.84. The van der Waals surface area contributed by atoms with Crippen molar-refractivity contribution >= 4 is 16.9 Å². The zero-order chi connectivity index (χ0) is 13.6. The molecular formula is C14H31N3S. The highest BCUT2D eigenvalue weighted by Gasteiger charge is 2.00. The Morgan fingerprint density at radius 3 is 2.44 bits per heavy atom. The fourth-order valence-corrected chi connectivity index (χ4v) is 2.27. The van der Waals surface area contributed by atoms with Crippen molar-refractivity contribution in [3.05, 3.63) is 0 Å². The first-order valence-electron chi connectivity index (χ1n) is 7.26. The van der Waals surface area contributed by atoms with Crippen LogP contribution in [0.3, 0.4) is 0 Å². The second-order valence-corrected chi connectivity index (χ2v) is 5.91. The third-order valence-corrected chi connectivity index (χ3v) is 3.60. The minimum atomic E-state index is 0.964. The maximum Gasteiger partial charge on any atom is 0.156 e. The molecule has 0 saturated heterocycles. The molecule has 0 unspecified atom stereocenters. The van der Waals surface area contributed by atoms with Gasteiger partial charge in [0, 0.05) is 18.8 Å². The molecule has 3 nitrogen and oxygen atoms in total. The van der Waals surface area contributed by atoms with E-state index in [1.165, 1.54) is 32.1 Å². The number of hydrogen-bond donors (Lipinski definition) is 1. The van der Waals surface area contributed by atoms with Gasteiger partial charge in [-0.1, -0.05) is 38.5 Å². The van der Waals surface area contributed by atoms with Crippen LogP contribution in [0.4, 0.5) is 0 Å². The van der Waals surface area contributed by atoms with Crippen LogP contribution in [0.25, 0.3) is 0 Å². The first-order chi connectivity index (χ1) is 8.70. The summed E-state index contributed by atoms with van der Waals surface area (Å²) in [6, 6.07) is 0. The molecule has 0 atom stereocenters. The SMILES string of the molecule is CCCCN=C(NCCCC)SCCCN(C)C. The number of rotatable bonds is 10. The van der Waals surface area contributed by atoms with E-state index >= 15 is 0 Å². The van der Waals surface area contributed by atoms with E-state index in [1.807, 2.05) is 11.8 Å². The van der Waals surface area contributed by atoms with Crippen molar-refractivity contribution in [2.75, 3.05) is 39.5 Å². The lowest BCUT2D eigenvalue weighted by Gasteiger charge is -2.11. The Hall–Kier alpha value is -0.220. The van der Waals surface area contributed by atoms with E-state index in [4.69, 9.17) is 0 Å². The lowest BCUT2D eigenvalue weighted by molar-refractivity contribution is 0.410. The van der Waals surface area contributed by atoms with Crippen LogP contribution in [-0.2, 0) is 0 Å². The van der Waals surface area contributed by atoms with Gasteiger partial charge in [-0.05, 0) is 39.9 Å². The van der Waals surface area contributed by atoms with Crippen LogP contribution in [0, 0.1) is 0 Å². The highest BCUT2D eigenvalue weighted by molar-refractivity contribution is 8.13.